The van der Waals surface area contributed by atoms with Crippen LogP contribution >= 0.6 is 0 Å². The van der Waals surface area contributed by atoms with Gasteiger partial charge in [-0.3, -0.25) is 0 Å². The summed E-state index contributed by atoms with van der Waals surface area (Å²) in [6.07, 6.45) is 5.15. The maximum absolute atomic E-state index is 4.43. The molecule has 0 saturated heterocycles. The summed E-state index contributed by atoms with van der Waals surface area (Å²) >= 11 is 0. The van der Waals surface area contributed by atoms with Gasteiger partial charge in [-0.2, -0.15) is 0 Å². The molecule has 5 N–H and O–H groups in total. The van der Waals surface area contributed by atoms with Gasteiger partial charge in [0.15, 0.2) is 0 Å². The fourth-order valence-corrected chi connectivity index (χ4v) is 2.61. The lowest BCUT2D eigenvalue weighted by Gasteiger charge is -2.17. The number of quaternary nitrogens is 1. The van der Waals surface area contributed by atoms with Gasteiger partial charge in [0, 0.05) is 12.1 Å². The molecule has 0 saturated carbocycles. The fourth-order valence-electron chi connectivity index (χ4n) is 2.61. The molecule has 1 aromatic rings. The molecule has 0 radical (unpaired) electrons. The molecule has 2 aliphatic rings. The number of nitrogens with one attached hydrogen (secondary N) is 1. The van der Waals surface area contributed by atoms with Gasteiger partial charge in [0.1, 0.15) is 5.69 Å². The standard InChI is InChI=1S/C13H17N3.ClH.H2O/c1-2-6-11-10(4-1)5-3-7-12(11)16-13-14-8-9-15-13;;/h3,5,7H,1-2,4,6,8-9H2,(H2,14,15,16);1H;1H2. The van der Waals surface area contributed by atoms with Crippen molar-refractivity contribution in [3.05, 3.63) is 29.3 Å². The molecule has 0 amide bonds. The van der Waals surface area contributed by atoms with Crippen molar-refractivity contribution in [2.45, 2.75) is 25.7 Å². The fraction of sp³-hybridized carbons (Fsp3) is 0.462. The first-order valence-electron chi connectivity index (χ1n) is 6.17. The maximum Gasteiger partial charge on any atom is 0.299 e. The molecule has 3 rings (SSSR count). The van der Waals surface area contributed by atoms with Gasteiger partial charge in [-0.05, 0) is 37.3 Å². The number of guanidine groups is 1. The molecule has 1 aliphatic heterocycles. The number of hydrogen-bond donors (Lipinski definition) is 2. The van der Waals surface area contributed by atoms with Crippen molar-refractivity contribution in [1.29, 1.82) is 0 Å². The van der Waals surface area contributed by atoms with E-state index in [1.807, 2.05) is 0 Å². The molecule has 5 heteroatoms. The van der Waals surface area contributed by atoms with Crippen LogP contribution in [0, 0.1) is 0 Å². The molecule has 1 aliphatic carbocycles. The van der Waals surface area contributed by atoms with Gasteiger partial charge in [-0.25, -0.2) is 10.3 Å². The number of nitrogens with two attached hydrogens (primary N) is 1. The zero-order valence-corrected chi connectivity index (χ0v) is 11.1. The van der Waals surface area contributed by atoms with Crippen LogP contribution < -0.4 is 23.0 Å². The van der Waals surface area contributed by atoms with Crippen LogP contribution in [0.1, 0.15) is 24.0 Å². The van der Waals surface area contributed by atoms with E-state index in [2.05, 4.69) is 33.8 Å². The Morgan fingerprint density at radius 2 is 2.00 bits per heavy atom. The Balaban J connectivity index is 0.000000810. The van der Waals surface area contributed by atoms with E-state index in [1.54, 1.807) is 11.1 Å². The van der Waals surface area contributed by atoms with Crippen LogP contribution in [0.2, 0.25) is 0 Å². The van der Waals surface area contributed by atoms with Gasteiger partial charge in [-0.1, -0.05) is 12.1 Å². The first-order chi connectivity index (χ1) is 7.93. The SMILES string of the molecule is O.[Cl-].c1cc2c(c([NH2+]C3=NCCN3)c1)CCCC2. The molecule has 0 bridgehead atoms. The third-order valence-corrected chi connectivity index (χ3v) is 3.42. The zero-order valence-electron chi connectivity index (χ0n) is 10.4. The topological polar surface area (TPSA) is 72.5 Å². The number of halogens is 1. The molecule has 0 unspecified atom stereocenters. The van der Waals surface area contributed by atoms with Crippen molar-refractivity contribution < 1.29 is 23.2 Å². The lowest BCUT2D eigenvalue weighted by atomic mass is 9.90. The molecular weight excluding hydrogens is 250 g/mol. The summed E-state index contributed by atoms with van der Waals surface area (Å²) in [4.78, 5) is 4.43. The molecule has 18 heavy (non-hydrogen) atoms. The number of hydrogen-bond acceptors (Lipinski definition) is 2. The second-order valence-electron chi connectivity index (χ2n) is 4.53. The van der Waals surface area contributed by atoms with E-state index in [9.17, 15) is 0 Å². The second kappa shape index (κ2) is 6.73. The number of nitrogens with zero attached hydrogens (tertiary/aromatic N) is 1. The highest BCUT2D eigenvalue weighted by Gasteiger charge is 2.18. The summed E-state index contributed by atoms with van der Waals surface area (Å²) in [5.41, 5.74) is 4.45. The smallest absolute Gasteiger partial charge is 0.299 e. The number of rotatable bonds is 1. The van der Waals surface area contributed by atoms with Crippen LogP contribution in [0.4, 0.5) is 5.69 Å². The van der Waals surface area contributed by atoms with Crippen LogP contribution in [-0.2, 0) is 12.8 Å². The molecule has 4 nitrogen and oxygen atoms in total. The Kier molecular flexibility index (Phi) is 5.59. The van der Waals surface area contributed by atoms with Crippen molar-refractivity contribution in [3.8, 4) is 0 Å². The number of fused-ring (bicyclic) bond motifs is 1. The lowest BCUT2D eigenvalue weighted by molar-refractivity contribution is -0.448. The van der Waals surface area contributed by atoms with Crippen LogP contribution in [0.25, 0.3) is 0 Å². The molecule has 100 valence electrons. The molecule has 1 aromatic carbocycles. The summed E-state index contributed by atoms with van der Waals surface area (Å²) in [5, 5.41) is 5.51. The zero-order chi connectivity index (χ0) is 10.8. The minimum Gasteiger partial charge on any atom is -1.00 e. The van der Waals surface area contributed by atoms with Gasteiger partial charge in [0.25, 0.3) is 5.96 Å². The summed E-state index contributed by atoms with van der Waals surface area (Å²) in [6.45, 7) is 1.90. The highest BCUT2D eigenvalue weighted by Crippen LogP contribution is 2.25. The normalized spacial score (nSPS) is 16.8. The average molecular weight is 270 g/mol. The lowest BCUT2D eigenvalue weighted by Crippen LogP contribution is -3.00. The highest BCUT2D eigenvalue weighted by molar-refractivity contribution is 5.74. The minimum atomic E-state index is 0. The van der Waals surface area contributed by atoms with Gasteiger partial charge in [0.2, 0.25) is 0 Å². The second-order valence-corrected chi connectivity index (χ2v) is 4.53. The van der Waals surface area contributed by atoms with Crippen LogP contribution in [0.5, 0.6) is 0 Å². The molecule has 1 heterocycles. The van der Waals surface area contributed by atoms with E-state index in [0.717, 1.165) is 19.0 Å². The monoisotopic (exact) mass is 269 g/mol. The Morgan fingerprint density at radius 1 is 1.17 bits per heavy atom. The summed E-state index contributed by atoms with van der Waals surface area (Å²) in [6, 6.07) is 6.66. The third kappa shape index (κ3) is 3.02. The largest absolute Gasteiger partial charge is 1.00 e. The first kappa shape index (κ1) is 15.0. The van der Waals surface area contributed by atoms with Crippen molar-refractivity contribution in [1.82, 2.24) is 5.32 Å². The molecule has 0 atom stereocenters. The van der Waals surface area contributed by atoms with Gasteiger partial charge in [-0.15, -0.1) is 0 Å². The quantitative estimate of drug-likeness (QED) is 0.521. The van der Waals surface area contributed by atoms with Crippen molar-refractivity contribution >= 4 is 11.6 Å². The summed E-state index contributed by atoms with van der Waals surface area (Å²) < 4.78 is 0. The number of aliphatic imine (C=N–C) groups is 1. The van der Waals surface area contributed by atoms with E-state index in [-0.39, 0.29) is 17.9 Å². The first-order valence-corrected chi connectivity index (χ1v) is 6.17. The average Bonchev–Trinajstić information content (AvgIpc) is 2.82. The molecule has 0 fully saturated rings. The predicted octanol–water partition coefficient (Wildman–Crippen LogP) is -3.10. The minimum absolute atomic E-state index is 0. The molecule has 0 spiro atoms. The van der Waals surface area contributed by atoms with E-state index in [1.165, 1.54) is 31.4 Å². The van der Waals surface area contributed by atoms with Crippen molar-refractivity contribution in [3.63, 3.8) is 0 Å². The van der Waals surface area contributed by atoms with E-state index >= 15 is 0 Å². The van der Waals surface area contributed by atoms with Crippen LogP contribution in [0.15, 0.2) is 23.2 Å². The van der Waals surface area contributed by atoms with Crippen molar-refractivity contribution in [2.24, 2.45) is 4.99 Å². The van der Waals surface area contributed by atoms with Crippen LogP contribution in [0.3, 0.4) is 0 Å². The predicted molar refractivity (Wildman–Crippen MR) is 68.6 cm³/mol. The summed E-state index contributed by atoms with van der Waals surface area (Å²) in [5.74, 6) is 1.05. The van der Waals surface area contributed by atoms with Gasteiger partial charge < -0.3 is 23.2 Å². The molecule has 0 aromatic heterocycles. The Labute approximate surface area is 114 Å². The van der Waals surface area contributed by atoms with Gasteiger partial charge in [0.05, 0.1) is 6.54 Å². The highest BCUT2D eigenvalue weighted by atomic mass is 35.5. The van der Waals surface area contributed by atoms with Crippen molar-refractivity contribution in [2.75, 3.05) is 13.1 Å². The van der Waals surface area contributed by atoms with Gasteiger partial charge >= 0.3 is 0 Å². The Hall–Kier alpha value is -1.10. The number of benzene rings is 1. The van der Waals surface area contributed by atoms with E-state index in [0.29, 0.717) is 0 Å². The van der Waals surface area contributed by atoms with E-state index < -0.39 is 0 Å². The Morgan fingerprint density at radius 3 is 2.78 bits per heavy atom. The van der Waals surface area contributed by atoms with E-state index in [4.69, 9.17) is 0 Å². The molecular formula is C13H20ClN3O. The maximum atomic E-state index is 4.43. The number of aryl methyl sites for hydroxylation is 1. The van der Waals surface area contributed by atoms with Crippen LogP contribution in [-0.4, -0.2) is 24.5 Å². The Bertz CT molecular complexity index is 434. The third-order valence-electron chi connectivity index (χ3n) is 3.42. The summed E-state index contributed by atoms with van der Waals surface area (Å²) in [7, 11) is 0.